The van der Waals surface area contributed by atoms with Gasteiger partial charge in [-0.1, -0.05) is 17.7 Å². The number of hydrogen-bond donors (Lipinski definition) is 2. The number of aliphatic imine (C=N–C) groups is 1. The lowest BCUT2D eigenvalue weighted by molar-refractivity contribution is 0.105. The highest BCUT2D eigenvalue weighted by atomic mass is 127. The zero-order valence-corrected chi connectivity index (χ0v) is 17.7. The Hall–Kier alpha value is -1.32. The molecule has 0 bridgehead atoms. The van der Waals surface area contributed by atoms with E-state index in [4.69, 9.17) is 20.8 Å². The lowest BCUT2D eigenvalue weighted by Crippen LogP contribution is -2.39. The van der Waals surface area contributed by atoms with Gasteiger partial charge in [-0.2, -0.15) is 0 Å². The molecule has 1 aromatic carbocycles. The summed E-state index contributed by atoms with van der Waals surface area (Å²) in [5.74, 6) is 1.20. The molecule has 0 amide bonds. The summed E-state index contributed by atoms with van der Waals surface area (Å²) in [5.41, 5.74) is 0.512. The highest BCUT2D eigenvalue weighted by Crippen LogP contribution is 2.18. The number of nitrogens with zero attached hydrogens (tertiary/aromatic N) is 1. The van der Waals surface area contributed by atoms with E-state index in [1.807, 2.05) is 12.1 Å². The molecule has 0 spiro atoms. The van der Waals surface area contributed by atoms with Crippen molar-refractivity contribution in [3.05, 3.63) is 58.8 Å². The van der Waals surface area contributed by atoms with Crippen molar-refractivity contribution in [2.24, 2.45) is 4.99 Å². The third-order valence-electron chi connectivity index (χ3n) is 3.54. The number of hydrogen-bond acceptors (Lipinski definition) is 3. The van der Waals surface area contributed by atoms with Crippen molar-refractivity contribution in [2.45, 2.75) is 19.4 Å². The number of halogens is 3. The molecule has 2 N–H and O–H groups in total. The number of ether oxygens (including phenoxy) is 1. The molecule has 0 radical (unpaired) electrons. The van der Waals surface area contributed by atoms with Crippen LogP contribution in [-0.4, -0.2) is 32.7 Å². The lowest BCUT2D eigenvalue weighted by Gasteiger charge is -2.12. The second-order valence-electron chi connectivity index (χ2n) is 5.36. The SMILES string of the molecule is CN=C(NCCCOCc1ccco1)NCCc1c(F)cccc1Cl.I. The first-order valence-corrected chi connectivity index (χ1v) is 8.56. The predicted octanol–water partition coefficient (Wildman–Crippen LogP) is 4.00. The Morgan fingerprint density at radius 2 is 2.04 bits per heavy atom. The summed E-state index contributed by atoms with van der Waals surface area (Å²) in [5, 5.41) is 6.77. The van der Waals surface area contributed by atoms with Crippen molar-refractivity contribution in [1.29, 1.82) is 0 Å². The molecule has 0 saturated carbocycles. The molecule has 0 aliphatic carbocycles. The first-order valence-electron chi connectivity index (χ1n) is 8.18. The molecule has 144 valence electrons. The third-order valence-corrected chi connectivity index (χ3v) is 3.89. The minimum atomic E-state index is -0.286. The van der Waals surface area contributed by atoms with Gasteiger partial charge in [-0.05, 0) is 37.1 Å². The first-order chi connectivity index (χ1) is 12.2. The average Bonchev–Trinajstić information content (AvgIpc) is 3.12. The monoisotopic (exact) mass is 495 g/mol. The Bertz CT molecular complexity index is 648. The molecule has 5 nitrogen and oxygen atoms in total. The molecule has 2 aromatic rings. The summed E-state index contributed by atoms with van der Waals surface area (Å²) in [7, 11) is 1.69. The Morgan fingerprint density at radius 3 is 2.73 bits per heavy atom. The Morgan fingerprint density at radius 1 is 1.23 bits per heavy atom. The summed E-state index contributed by atoms with van der Waals surface area (Å²) in [6.07, 6.45) is 2.95. The number of rotatable bonds is 9. The van der Waals surface area contributed by atoms with Crippen LogP contribution in [0.4, 0.5) is 4.39 Å². The maximum Gasteiger partial charge on any atom is 0.190 e. The first kappa shape index (κ1) is 22.7. The Kier molecular flexibility index (Phi) is 11.3. The van der Waals surface area contributed by atoms with Crippen LogP contribution >= 0.6 is 35.6 Å². The number of guanidine groups is 1. The molecule has 0 atom stereocenters. The van der Waals surface area contributed by atoms with Crippen LogP contribution in [0, 0.1) is 5.82 Å². The van der Waals surface area contributed by atoms with Gasteiger partial charge in [-0.3, -0.25) is 4.99 Å². The fourth-order valence-corrected chi connectivity index (χ4v) is 2.50. The molecule has 2 rings (SSSR count). The van der Waals surface area contributed by atoms with E-state index in [0.29, 0.717) is 42.7 Å². The topological polar surface area (TPSA) is 58.8 Å². The summed E-state index contributed by atoms with van der Waals surface area (Å²) in [6, 6.07) is 8.42. The molecule has 26 heavy (non-hydrogen) atoms. The molecule has 0 unspecified atom stereocenters. The molecule has 0 aliphatic heterocycles. The highest BCUT2D eigenvalue weighted by molar-refractivity contribution is 14.0. The minimum absolute atomic E-state index is 0. The molecule has 1 aromatic heterocycles. The Balaban J connectivity index is 0.00000338. The van der Waals surface area contributed by atoms with Crippen molar-refractivity contribution in [3.8, 4) is 0 Å². The van der Waals surface area contributed by atoms with Crippen LogP contribution in [0.1, 0.15) is 17.7 Å². The van der Waals surface area contributed by atoms with Gasteiger partial charge in [0.25, 0.3) is 0 Å². The number of benzene rings is 1. The number of furan rings is 1. The van der Waals surface area contributed by atoms with E-state index in [0.717, 1.165) is 18.7 Å². The van der Waals surface area contributed by atoms with Crippen LogP contribution in [-0.2, 0) is 17.8 Å². The maximum atomic E-state index is 13.7. The van der Waals surface area contributed by atoms with Gasteiger partial charge in [0.1, 0.15) is 18.2 Å². The quantitative estimate of drug-likeness (QED) is 0.239. The van der Waals surface area contributed by atoms with Gasteiger partial charge >= 0.3 is 0 Å². The van der Waals surface area contributed by atoms with Gasteiger partial charge in [0, 0.05) is 37.3 Å². The summed E-state index contributed by atoms with van der Waals surface area (Å²) < 4.78 is 24.4. The Labute approximate surface area is 175 Å². The second-order valence-corrected chi connectivity index (χ2v) is 5.77. The van der Waals surface area contributed by atoms with E-state index in [-0.39, 0.29) is 29.8 Å². The van der Waals surface area contributed by atoms with E-state index in [2.05, 4.69) is 15.6 Å². The van der Waals surface area contributed by atoms with Crippen LogP contribution in [0.15, 0.2) is 46.0 Å². The molecule has 0 saturated heterocycles. The van der Waals surface area contributed by atoms with Gasteiger partial charge < -0.3 is 19.8 Å². The highest BCUT2D eigenvalue weighted by Gasteiger charge is 2.06. The maximum absolute atomic E-state index is 13.7. The number of nitrogens with one attached hydrogen (secondary N) is 2. The molecular weight excluding hydrogens is 472 g/mol. The van der Waals surface area contributed by atoms with Crippen LogP contribution in [0.3, 0.4) is 0 Å². The molecule has 1 heterocycles. The predicted molar refractivity (Wildman–Crippen MR) is 113 cm³/mol. The minimum Gasteiger partial charge on any atom is -0.467 e. The standard InChI is InChI=1S/C18H23ClFN3O2.HI/c1-21-18(22-9-4-11-24-13-14-5-3-12-25-14)23-10-8-15-16(19)6-2-7-17(15)20;/h2-3,5-7,12H,4,8-11,13H2,1H3,(H2,21,22,23);1H. The largest absolute Gasteiger partial charge is 0.467 e. The summed E-state index contributed by atoms with van der Waals surface area (Å²) in [6.45, 7) is 2.35. The fourth-order valence-electron chi connectivity index (χ4n) is 2.25. The molecule has 8 heteroatoms. The summed E-state index contributed by atoms with van der Waals surface area (Å²) in [4.78, 5) is 4.13. The van der Waals surface area contributed by atoms with Crippen LogP contribution in [0.5, 0.6) is 0 Å². The van der Waals surface area contributed by atoms with E-state index >= 15 is 0 Å². The van der Waals surface area contributed by atoms with E-state index in [1.165, 1.54) is 6.07 Å². The summed E-state index contributed by atoms with van der Waals surface area (Å²) >= 11 is 6.01. The molecular formula is C18H24ClFIN3O2. The van der Waals surface area contributed by atoms with Crippen molar-refractivity contribution in [3.63, 3.8) is 0 Å². The molecule has 0 aliphatic rings. The fraction of sp³-hybridized carbons (Fsp3) is 0.389. The second kappa shape index (κ2) is 12.9. The van der Waals surface area contributed by atoms with Gasteiger partial charge in [0.2, 0.25) is 0 Å². The zero-order valence-electron chi connectivity index (χ0n) is 14.6. The third kappa shape index (κ3) is 7.92. The van der Waals surface area contributed by atoms with Gasteiger partial charge in [0.05, 0.1) is 6.26 Å². The van der Waals surface area contributed by atoms with Crippen LogP contribution in [0.25, 0.3) is 0 Å². The van der Waals surface area contributed by atoms with Crippen molar-refractivity contribution in [2.75, 3.05) is 26.7 Å². The van der Waals surface area contributed by atoms with Crippen molar-refractivity contribution >= 4 is 41.5 Å². The van der Waals surface area contributed by atoms with E-state index in [1.54, 1.807) is 25.4 Å². The van der Waals surface area contributed by atoms with Crippen molar-refractivity contribution in [1.82, 2.24) is 10.6 Å². The van der Waals surface area contributed by atoms with E-state index in [9.17, 15) is 4.39 Å². The average molecular weight is 496 g/mol. The van der Waals surface area contributed by atoms with Gasteiger partial charge in [-0.15, -0.1) is 24.0 Å². The van der Waals surface area contributed by atoms with Crippen LogP contribution in [0.2, 0.25) is 5.02 Å². The van der Waals surface area contributed by atoms with E-state index < -0.39 is 0 Å². The smallest absolute Gasteiger partial charge is 0.190 e. The lowest BCUT2D eigenvalue weighted by atomic mass is 10.1. The van der Waals surface area contributed by atoms with Gasteiger partial charge in [-0.25, -0.2) is 4.39 Å². The zero-order chi connectivity index (χ0) is 17.9. The normalized spacial score (nSPS) is 11.1. The molecule has 0 fully saturated rings. The van der Waals surface area contributed by atoms with Crippen molar-refractivity contribution < 1.29 is 13.5 Å². The van der Waals surface area contributed by atoms with Gasteiger partial charge in [0.15, 0.2) is 5.96 Å². The van der Waals surface area contributed by atoms with Crippen LogP contribution < -0.4 is 10.6 Å².